The van der Waals surface area contributed by atoms with Crippen LogP contribution in [0.3, 0.4) is 0 Å². The van der Waals surface area contributed by atoms with Crippen molar-refractivity contribution >= 4 is 39.9 Å². The zero-order chi connectivity index (χ0) is 23.1. The highest BCUT2D eigenvalue weighted by atomic mass is 35.5. The molecule has 0 unspecified atom stereocenters. The lowest BCUT2D eigenvalue weighted by Gasteiger charge is -2.19. The van der Waals surface area contributed by atoms with E-state index in [-0.39, 0.29) is 17.4 Å². The van der Waals surface area contributed by atoms with Gasteiger partial charge >= 0.3 is 0 Å². The Morgan fingerprint density at radius 3 is 2.76 bits per heavy atom. The van der Waals surface area contributed by atoms with Crippen molar-refractivity contribution in [2.45, 2.75) is 26.3 Å². The first-order valence-electron chi connectivity index (χ1n) is 10.5. The Morgan fingerprint density at radius 1 is 1.15 bits per heavy atom. The van der Waals surface area contributed by atoms with Crippen LogP contribution >= 0.6 is 11.6 Å². The molecule has 0 saturated heterocycles. The number of rotatable bonds is 5. The van der Waals surface area contributed by atoms with E-state index in [2.05, 4.69) is 15.5 Å². The van der Waals surface area contributed by atoms with Crippen molar-refractivity contribution in [2.75, 3.05) is 5.32 Å². The molecule has 1 N–H and O–H groups in total. The van der Waals surface area contributed by atoms with Crippen molar-refractivity contribution in [1.29, 1.82) is 0 Å². The standard InChI is InChI=1S/C24H20ClN5O3/c1-3-19(24(32)27-22-13-18(28-33-22)15-7-6-8-16(25)12-15)30-20-10-5-4-9-17(20)23-26-21(31)11-14(2)29(23)30/h4-13,19H,3H2,1-2H3,(H,27,32)/t19-/m0/s1. The van der Waals surface area contributed by atoms with Crippen molar-refractivity contribution in [3.8, 4) is 11.3 Å². The number of anilines is 1. The Balaban J connectivity index is 1.54. The minimum absolute atomic E-state index is 0.232. The van der Waals surface area contributed by atoms with Gasteiger partial charge in [-0.2, -0.15) is 4.98 Å². The van der Waals surface area contributed by atoms with E-state index in [0.717, 1.165) is 16.5 Å². The molecule has 8 nitrogen and oxygen atoms in total. The van der Waals surface area contributed by atoms with E-state index in [4.69, 9.17) is 16.1 Å². The molecule has 3 aromatic heterocycles. The average molecular weight is 462 g/mol. The number of amides is 1. The SMILES string of the molecule is CC[C@@H](C(=O)Nc1cc(-c2cccc(Cl)c2)no1)n1c2ccccc2c2nc(=O)cc(C)n21. The quantitative estimate of drug-likeness (QED) is 0.403. The van der Waals surface area contributed by atoms with Crippen molar-refractivity contribution < 1.29 is 9.32 Å². The summed E-state index contributed by atoms with van der Waals surface area (Å²) >= 11 is 6.06. The molecule has 1 atom stereocenters. The maximum atomic E-state index is 13.4. The van der Waals surface area contributed by atoms with Crippen molar-refractivity contribution in [3.63, 3.8) is 0 Å². The second-order valence-corrected chi connectivity index (χ2v) is 8.17. The smallest absolute Gasteiger partial charge is 0.273 e. The van der Waals surface area contributed by atoms with Gasteiger partial charge in [-0.1, -0.05) is 47.9 Å². The fraction of sp³-hybridized carbons (Fsp3) is 0.167. The van der Waals surface area contributed by atoms with Crippen LogP contribution in [0.25, 0.3) is 27.8 Å². The minimum atomic E-state index is -0.588. The highest BCUT2D eigenvalue weighted by Crippen LogP contribution is 2.28. The molecule has 0 aliphatic carbocycles. The first kappa shape index (κ1) is 21.0. The number of carbonyl (C=O) groups is 1. The van der Waals surface area contributed by atoms with E-state index in [1.165, 1.54) is 6.07 Å². The average Bonchev–Trinajstić information content (AvgIpc) is 3.38. The first-order valence-corrected chi connectivity index (χ1v) is 10.9. The molecule has 0 saturated carbocycles. The third kappa shape index (κ3) is 3.68. The second kappa shape index (κ2) is 8.22. The molecule has 0 aliphatic rings. The monoisotopic (exact) mass is 461 g/mol. The fourth-order valence-electron chi connectivity index (χ4n) is 4.11. The third-order valence-electron chi connectivity index (χ3n) is 5.55. The molecule has 3 heterocycles. The molecule has 1 amide bonds. The summed E-state index contributed by atoms with van der Waals surface area (Å²) in [5.41, 5.74) is 3.04. The third-order valence-corrected chi connectivity index (χ3v) is 5.79. The molecule has 5 aromatic rings. The van der Waals surface area contributed by atoms with Gasteiger partial charge in [0.1, 0.15) is 11.7 Å². The number of nitrogens with zero attached hydrogens (tertiary/aromatic N) is 4. The van der Waals surface area contributed by atoms with Gasteiger partial charge in [0.05, 0.1) is 5.52 Å². The van der Waals surface area contributed by atoms with E-state index in [0.29, 0.717) is 28.5 Å². The molecule has 5 rings (SSSR count). The minimum Gasteiger partial charge on any atom is -0.338 e. The lowest BCUT2D eigenvalue weighted by atomic mass is 10.1. The van der Waals surface area contributed by atoms with Gasteiger partial charge in [0.15, 0.2) is 5.65 Å². The predicted molar refractivity (Wildman–Crippen MR) is 127 cm³/mol. The van der Waals surface area contributed by atoms with Crippen LogP contribution in [0, 0.1) is 6.92 Å². The Kier molecular flexibility index (Phi) is 5.22. The van der Waals surface area contributed by atoms with E-state index >= 15 is 0 Å². The van der Waals surface area contributed by atoms with Gasteiger partial charge in [-0.3, -0.25) is 19.6 Å². The van der Waals surface area contributed by atoms with Gasteiger partial charge in [-0.15, -0.1) is 0 Å². The van der Waals surface area contributed by atoms with Crippen molar-refractivity contribution in [3.05, 3.63) is 81.7 Å². The molecule has 33 heavy (non-hydrogen) atoms. The zero-order valence-corrected chi connectivity index (χ0v) is 18.7. The van der Waals surface area contributed by atoms with Crippen LogP contribution in [-0.4, -0.2) is 25.2 Å². The van der Waals surface area contributed by atoms with Gasteiger partial charge in [0.25, 0.3) is 11.5 Å². The summed E-state index contributed by atoms with van der Waals surface area (Å²) in [5, 5.41) is 8.26. The van der Waals surface area contributed by atoms with Crippen LogP contribution in [0.1, 0.15) is 25.1 Å². The molecule has 0 spiro atoms. The van der Waals surface area contributed by atoms with Gasteiger partial charge in [0.2, 0.25) is 5.88 Å². The molecular formula is C24H20ClN5O3. The van der Waals surface area contributed by atoms with Gasteiger partial charge in [-0.25, -0.2) is 4.52 Å². The maximum absolute atomic E-state index is 13.4. The molecule has 0 fully saturated rings. The number of carbonyl (C=O) groups excluding carboxylic acids is 1. The Bertz CT molecular complexity index is 1570. The largest absolute Gasteiger partial charge is 0.338 e. The topological polar surface area (TPSA) is 94.4 Å². The van der Waals surface area contributed by atoms with E-state index in [1.54, 1.807) is 18.2 Å². The van der Waals surface area contributed by atoms with Gasteiger partial charge in [0, 0.05) is 33.8 Å². The Morgan fingerprint density at radius 2 is 1.97 bits per heavy atom. The summed E-state index contributed by atoms with van der Waals surface area (Å²) in [6, 6.07) is 17.3. The highest BCUT2D eigenvalue weighted by Gasteiger charge is 2.26. The Labute approximate surface area is 193 Å². The molecule has 0 aliphatic heterocycles. The lowest BCUT2D eigenvalue weighted by molar-refractivity contribution is -0.119. The number of para-hydroxylation sites is 1. The lowest BCUT2D eigenvalue weighted by Crippen LogP contribution is -2.28. The summed E-state index contributed by atoms with van der Waals surface area (Å²) in [6.07, 6.45) is 0.500. The first-order chi connectivity index (χ1) is 16.0. The summed E-state index contributed by atoms with van der Waals surface area (Å²) in [7, 11) is 0. The number of halogens is 1. The van der Waals surface area contributed by atoms with Gasteiger partial charge in [-0.05, 0) is 37.6 Å². The van der Waals surface area contributed by atoms with E-state index < -0.39 is 6.04 Å². The van der Waals surface area contributed by atoms with Crippen LogP contribution in [0.15, 0.2) is 70.0 Å². The summed E-state index contributed by atoms with van der Waals surface area (Å²) in [6.45, 7) is 3.75. The molecule has 2 aromatic carbocycles. The fourth-order valence-corrected chi connectivity index (χ4v) is 4.30. The van der Waals surface area contributed by atoms with Crippen molar-refractivity contribution in [2.24, 2.45) is 0 Å². The maximum Gasteiger partial charge on any atom is 0.273 e. The molecule has 0 bridgehead atoms. The number of fused-ring (bicyclic) bond motifs is 3. The van der Waals surface area contributed by atoms with E-state index in [1.807, 2.05) is 59.4 Å². The highest BCUT2D eigenvalue weighted by molar-refractivity contribution is 6.30. The summed E-state index contributed by atoms with van der Waals surface area (Å²) in [5.74, 6) is -0.0390. The molecule has 166 valence electrons. The van der Waals surface area contributed by atoms with Gasteiger partial charge < -0.3 is 4.52 Å². The number of aryl methyl sites for hydroxylation is 1. The molecule has 9 heteroatoms. The summed E-state index contributed by atoms with van der Waals surface area (Å²) in [4.78, 5) is 29.6. The predicted octanol–water partition coefficient (Wildman–Crippen LogP) is 4.86. The Hall–Kier alpha value is -3.91. The second-order valence-electron chi connectivity index (χ2n) is 7.73. The molecular weight excluding hydrogens is 442 g/mol. The van der Waals surface area contributed by atoms with E-state index in [9.17, 15) is 9.59 Å². The number of benzene rings is 2. The van der Waals surface area contributed by atoms with Crippen LogP contribution in [0.4, 0.5) is 5.88 Å². The van der Waals surface area contributed by atoms with Crippen LogP contribution in [-0.2, 0) is 4.79 Å². The molecule has 0 radical (unpaired) electrons. The van der Waals surface area contributed by atoms with Crippen LogP contribution in [0.2, 0.25) is 5.02 Å². The normalized spacial score (nSPS) is 12.3. The summed E-state index contributed by atoms with van der Waals surface area (Å²) < 4.78 is 9.05. The number of aromatic nitrogens is 4. The number of hydrogen-bond acceptors (Lipinski definition) is 5. The van der Waals surface area contributed by atoms with Crippen molar-refractivity contribution in [1.82, 2.24) is 19.3 Å². The number of nitrogens with one attached hydrogen (secondary N) is 1. The van der Waals surface area contributed by atoms with Crippen LogP contribution in [0.5, 0.6) is 0 Å². The van der Waals surface area contributed by atoms with Crippen LogP contribution < -0.4 is 10.9 Å². The zero-order valence-electron chi connectivity index (χ0n) is 17.9. The number of hydrogen-bond donors (Lipinski definition) is 1.